The summed E-state index contributed by atoms with van der Waals surface area (Å²) in [6, 6.07) is -1.41. The second-order valence-corrected chi connectivity index (χ2v) is 5.95. The molecular formula is C14H21N3O4. The van der Waals surface area contributed by atoms with Gasteiger partial charge in [0.15, 0.2) is 0 Å². The van der Waals surface area contributed by atoms with E-state index >= 15 is 0 Å². The molecule has 0 aromatic carbocycles. The van der Waals surface area contributed by atoms with Crippen molar-refractivity contribution in [2.45, 2.75) is 57.9 Å². The van der Waals surface area contributed by atoms with E-state index < -0.39 is 35.2 Å². The van der Waals surface area contributed by atoms with Crippen LogP contribution in [0.4, 0.5) is 4.79 Å². The number of urea groups is 1. The molecular weight excluding hydrogens is 274 g/mol. The third-order valence-corrected chi connectivity index (χ3v) is 4.40. The molecule has 1 unspecified atom stereocenters. The van der Waals surface area contributed by atoms with Crippen molar-refractivity contribution < 1.29 is 19.2 Å². The number of barbiturate groups is 1. The molecule has 1 aliphatic heterocycles. The molecule has 1 heterocycles. The lowest BCUT2D eigenvalue weighted by Crippen LogP contribution is -2.65. The first-order valence-electron chi connectivity index (χ1n) is 7.36. The molecule has 0 aromatic heterocycles. The molecule has 3 N–H and O–H groups in total. The number of rotatable bonds is 3. The Bertz CT molecular complexity index is 481. The van der Waals surface area contributed by atoms with Gasteiger partial charge in [0.1, 0.15) is 5.41 Å². The normalized spacial score (nSPS) is 23.7. The van der Waals surface area contributed by atoms with Crippen molar-refractivity contribution in [3.05, 3.63) is 0 Å². The van der Waals surface area contributed by atoms with Crippen molar-refractivity contribution in [3.63, 3.8) is 0 Å². The topological polar surface area (TPSA) is 110 Å². The van der Waals surface area contributed by atoms with Crippen molar-refractivity contribution in [1.29, 1.82) is 0 Å². The summed E-state index contributed by atoms with van der Waals surface area (Å²) in [4.78, 5) is 49.1. The molecule has 1 spiro atoms. The second-order valence-electron chi connectivity index (χ2n) is 5.95. The van der Waals surface area contributed by atoms with E-state index in [-0.39, 0.29) is 6.42 Å². The predicted molar refractivity (Wildman–Crippen MR) is 73.8 cm³/mol. The molecule has 2 aliphatic rings. The number of primary amides is 1. The first-order chi connectivity index (χ1) is 9.88. The Morgan fingerprint density at radius 3 is 2.33 bits per heavy atom. The van der Waals surface area contributed by atoms with Gasteiger partial charge >= 0.3 is 6.03 Å². The molecule has 7 heteroatoms. The predicted octanol–water partition coefficient (Wildman–Crippen LogP) is 0.669. The molecule has 21 heavy (non-hydrogen) atoms. The van der Waals surface area contributed by atoms with E-state index in [9.17, 15) is 19.2 Å². The maximum absolute atomic E-state index is 12.8. The molecule has 116 valence electrons. The average Bonchev–Trinajstić information content (AvgIpc) is 2.62. The van der Waals surface area contributed by atoms with Crippen LogP contribution in [0.15, 0.2) is 0 Å². The fourth-order valence-electron chi connectivity index (χ4n) is 3.25. The molecule has 0 radical (unpaired) electrons. The summed E-state index contributed by atoms with van der Waals surface area (Å²) in [5.41, 5.74) is 3.98. The Morgan fingerprint density at radius 2 is 1.81 bits per heavy atom. The van der Waals surface area contributed by atoms with Gasteiger partial charge in [0.2, 0.25) is 17.7 Å². The number of hydrogen-bond acceptors (Lipinski definition) is 4. The molecule has 2 rings (SSSR count). The highest BCUT2D eigenvalue weighted by Gasteiger charge is 2.54. The van der Waals surface area contributed by atoms with Crippen molar-refractivity contribution in [2.24, 2.45) is 11.1 Å². The van der Waals surface area contributed by atoms with Crippen LogP contribution in [0.2, 0.25) is 0 Å². The third-order valence-electron chi connectivity index (χ3n) is 4.40. The minimum Gasteiger partial charge on any atom is -0.370 e. The minimum absolute atomic E-state index is 0.108. The van der Waals surface area contributed by atoms with Crippen molar-refractivity contribution in [3.8, 4) is 0 Å². The number of nitrogens with two attached hydrogens (primary N) is 1. The maximum atomic E-state index is 12.8. The summed E-state index contributed by atoms with van der Waals surface area (Å²) >= 11 is 0. The highest BCUT2D eigenvalue weighted by atomic mass is 16.2. The van der Waals surface area contributed by atoms with Crippen LogP contribution in [-0.2, 0) is 14.4 Å². The van der Waals surface area contributed by atoms with Gasteiger partial charge in [-0.2, -0.15) is 0 Å². The van der Waals surface area contributed by atoms with E-state index in [1.54, 1.807) is 6.92 Å². The zero-order valence-corrected chi connectivity index (χ0v) is 12.2. The van der Waals surface area contributed by atoms with E-state index in [2.05, 4.69) is 5.32 Å². The first-order valence-corrected chi connectivity index (χ1v) is 7.36. The van der Waals surface area contributed by atoms with Crippen LogP contribution >= 0.6 is 0 Å². The largest absolute Gasteiger partial charge is 0.370 e. The van der Waals surface area contributed by atoms with Gasteiger partial charge in [-0.15, -0.1) is 0 Å². The monoisotopic (exact) mass is 295 g/mol. The summed E-state index contributed by atoms with van der Waals surface area (Å²) < 4.78 is 0. The Morgan fingerprint density at radius 1 is 1.24 bits per heavy atom. The smallest absolute Gasteiger partial charge is 0.331 e. The summed E-state index contributed by atoms with van der Waals surface area (Å²) in [7, 11) is 0. The standard InChI is InChI=1S/C14H21N3O4/c1-9(8-10(15)18)17-12(20)14(11(19)16-13(17)21)6-4-2-3-5-7-14/h9H,2-8H2,1H3,(H2,15,18)(H,16,19,21). The Labute approximate surface area is 123 Å². The summed E-state index contributed by atoms with van der Waals surface area (Å²) in [5, 5.41) is 2.28. The van der Waals surface area contributed by atoms with Gasteiger partial charge in [-0.3, -0.25) is 24.6 Å². The van der Waals surface area contributed by atoms with Gasteiger partial charge in [0.25, 0.3) is 0 Å². The number of nitrogens with one attached hydrogen (secondary N) is 1. The third kappa shape index (κ3) is 2.77. The number of amides is 5. The van der Waals surface area contributed by atoms with Gasteiger partial charge in [-0.1, -0.05) is 25.7 Å². The van der Waals surface area contributed by atoms with Gasteiger partial charge < -0.3 is 5.73 Å². The fourth-order valence-corrected chi connectivity index (χ4v) is 3.25. The highest BCUT2D eigenvalue weighted by Crippen LogP contribution is 2.39. The van der Waals surface area contributed by atoms with Gasteiger partial charge in [-0.25, -0.2) is 4.79 Å². The number of hydrogen-bond donors (Lipinski definition) is 2. The number of carbonyl (C=O) groups excluding carboxylic acids is 4. The molecule has 0 aromatic rings. The summed E-state index contributed by atoms with van der Waals surface area (Å²) in [6.45, 7) is 1.59. The lowest BCUT2D eigenvalue weighted by Gasteiger charge is -2.41. The van der Waals surface area contributed by atoms with Crippen LogP contribution in [0.1, 0.15) is 51.9 Å². The SMILES string of the molecule is CC(CC(N)=O)N1C(=O)NC(=O)C2(CCCCCC2)C1=O. The van der Waals surface area contributed by atoms with E-state index in [0.717, 1.165) is 30.6 Å². The molecule has 2 fully saturated rings. The van der Waals surface area contributed by atoms with Crippen molar-refractivity contribution >= 4 is 23.8 Å². The number of nitrogens with zero attached hydrogens (tertiary/aromatic N) is 1. The van der Waals surface area contributed by atoms with Crippen molar-refractivity contribution in [2.75, 3.05) is 0 Å². The van der Waals surface area contributed by atoms with Crippen molar-refractivity contribution in [1.82, 2.24) is 10.2 Å². The highest BCUT2D eigenvalue weighted by molar-refractivity contribution is 6.19. The van der Waals surface area contributed by atoms with E-state index in [0.29, 0.717) is 12.8 Å². The van der Waals surface area contributed by atoms with Crippen LogP contribution in [0.5, 0.6) is 0 Å². The van der Waals surface area contributed by atoms with Gasteiger partial charge in [0.05, 0.1) is 0 Å². The molecule has 1 atom stereocenters. The summed E-state index contributed by atoms with van der Waals surface area (Å²) in [5.74, 6) is -1.57. The zero-order chi connectivity index (χ0) is 15.6. The molecule has 1 saturated heterocycles. The van der Waals surface area contributed by atoms with Crippen LogP contribution in [0.25, 0.3) is 0 Å². The van der Waals surface area contributed by atoms with E-state index in [4.69, 9.17) is 5.73 Å². The molecule has 1 saturated carbocycles. The van der Waals surface area contributed by atoms with E-state index in [1.807, 2.05) is 0 Å². The van der Waals surface area contributed by atoms with Crippen LogP contribution in [0.3, 0.4) is 0 Å². The van der Waals surface area contributed by atoms with Crippen LogP contribution in [-0.4, -0.2) is 34.7 Å². The van der Waals surface area contributed by atoms with Gasteiger partial charge in [0, 0.05) is 12.5 Å². The lowest BCUT2D eigenvalue weighted by molar-refractivity contribution is -0.154. The molecule has 5 amide bonds. The quantitative estimate of drug-likeness (QED) is 0.745. The van der Waals surface area contributed by atoms with Crippen LogP contribution < -0.4 is 11.1 Å². The maximum Gasteiger partial charge on any atom is 0.331 e. The Kier molecular flexibility index (Phi) is 4.29. The molecule has 7 nitrogen and oxygen atoms in total. The number of imide groups is 2. The Balaban J connectivity index is 2.30. The average molecular weight is 295 g/mol. The first kappa shape index (κ1) is 15.5. The zero-order valence-electron chi connectivity index (χ0n) is 12.2. The van der Waals surface area contributed by atoms with Crippen LogP contribution in [0, 0.1) is 5.41 Å². The van der Waals surface area contributed by atoms with E-state index in [1.165, 1.54) is 0 Å². The minimum atomic E-state index is -1.16. The fraction of sp³-hybridized carbons (Fsp3) is 0.714. The summed E-state index contributed by atoms with van der Waals surface area (Å²) in [6.07, 6.45) is 4.32. The molecule has 1 aliphatic carbocycles. The van der Waals surface area contributed by atoms with Gasteiger partial charge in [-0.05, 0) is 19.8 Å². The Hall–Kier alpha value is -1.92. The molecule has 0 bridgehead atoms. The second kappa shape index (κ2) is 5.83. The lowest BCUT2D eigenvalue weighted by atomic mass is 9.76. The number of carbonyl (C=O) groups is 4.